The fourth-order valence-corrected chi connectivity index (χ4v) is 11.7. The summed E-state index contributed by atoms with van der Waals surface area (Å²) in [7, 11) is 0. The lowest BCUT2D eigenvalue weighted by molar-refractivity contribution is 0.660. The van der Waals surface area contributed by atoms with Crippen LogP contribution in [0.5, 0.6) is 0 Å². The van der Waals surface area contributed by atoms with Gasteiger partial charge in [0, 0.05) is 38.8 Å². The Balaban J connectivity index is 0.983. The molecule has 11 aromatic carbocycles. The normalized spacial score (nSPS) is 12.5. The Kier molecular flexibility index (Phi) is 11.0. The highest BCUT2D eigenvalue weighted by atomic mass is 15.1. The molecule has 1 heterocycles. The van der Waals surface area contributed by atoms with Crippen LogP contribution in [0.2, 0.25) is 0 Å². The molecule has 0 radical (unpaired) electrons. The van der Waals surface area contributed by atoms with E-state index in [2.05, 4.69) is 290 Å². The molecule has 0 bridgehead atoms. The topological polar surface area (TPSA) is 8.17 Å². The lowest BCUT2D eigenvalue weighted by Gasteiger charge is -2.30. The quantitative estimate of drug-likeness (QED) is 0.125. The van der Waals surface area contributed by atoms with Crippen molar-refractivity contribution in [2.24, 2.45) is 0 Å². The first-order valence-corrected chi connectivity index (χ1v) is 25.6. The highest BCUT2D eigenvalue weighted by Crippen LogP contribution is 2.52. The van der Waals surface area contributed by atoms with Gasteiger partial charge in [0.25, 0.3) is 0 Å². The SMILES string of the molecule is CC1(C)c2cc(N(c3ccc(Cc4ccccc4)c(-c4ccccc4Cc4ccccc4)c3)c3ccccc3-c3ccc(-c4ccccc4)cc3)ccc2-c2ccc(-n3c4ccccc4c4ccccc43)cc21. The van der Waals surface area contributed by atoms with E-state index in [0.717, 1.165) is 29.9 Å². The van der Waals surface area contributed by atoms with E-state index >= 15 is 0 Å². The predicted molar refractivity (Wildman–Crippen MR) is 308 cm³/mol. The van der Waals surface area contributed by atoms with E-state index in [1.165, 1.54) is 105 Å². The van der Waals surface area contributed by atoms with Crippen LogP contribution in [-0.2, 0) is 18.3 Å². The van der Waals surface area contributed by atoms with Gasteiger partial charge in [-0.25, -0.2) is 0 Å². The van der Waals surface area contributed by atoms with E-state index < -0.39 is 0 Å². The lowest BCUT2D eigenvalue weighted by Crippen LogP contribution is -2.17. The number of rotatable bonds is 11. The van der Waals surface area contributed by atoms with E-state index in [4.69, 9.17) is 0 Å². The standard InChI is InChI=1S/C71H54N2/c1-71(2)66-47-57(40-42-61(66)62-43-41-58(48-67(62)71)73-69-32-18-15-29-63(69)64-30-16-19-33-70(64)73)72(68-31-17-14-28-60(68)53-36-34-52(35-37-53)51-24-10-5-11-25-51)56-39-38-55(45-50-22-8-4-9-23-50)65(46-56)59-27-13-12-26-54(59)44-49-20-6-3-7-21-49/h3-43,46-48H,44-45H2,1-2H3. The van der Waals surface area contributed by atoms with Gasteiger partial charge in [-0.2, -0.15) is 0 Å². The van der Waals surface area contributed by atoms with Crippen LogP contribution in [0.25, 0.3) is 72.0 Å². The van der Waals surface area contributed by atoms with Crippen LogP contribution in [0.4, 0.5) is 17.1 Å². The number of benzene rings is 11. The van der Waals surface area contributed by atoms with Gasteiger partial charge in [0.15, 0.2) is 0 Å². The van der Waals surface area contributed by atoms with Crippen LogP contribution in [0.1, 0.15) is 47.2 Å². The molecule has 13 rings (SSSR count). The second kappa shape index (κ2) is 18.3. The number of para-hydroxylation sites is 3. The molecule has 2 nitrogen and oxygen atoms in total. The summed E-state index contributed by atoms with van der Waals surface area (Å²) >= 11 is 0. The van der Waals surface area contributed by atoms with Gasteiger partial charge in [0.2, 0.25) is 0 Å². The molecule has 1 aromatic heterocycles. The van der Waals surface area contributed by atoms with E-state index in [9.17, 15) is 0 Å². The summed E-state index contributed by atoms with van der Waals surface area (Å²) in [5.74, 6) is 0. The maximum atomic E-state index is 2.51. The van der Waals surface area contributed by atoms with Crippen LogP contribution in [-0.4, -0.2) is 4.57 Å². The van der Waals surface area contributed by atoms with Gasteiger partial charge < -0.3 is 9.47 Å². The monoisotopic (exact) mass is 934 g/mol. The van der Waals surface area contributed by atoms with Crippen molar-refractivity contribution in [1.82, 2.24) is 4.57 Å². The Bertz CT molecular complexity index is 3920. The van der Waals surface area contributed by atoms with Gasteiger partial charge in [-0.1, -0.05) is 226 Å². The first-order chi connectivity index (χ1) is 36.0. The van der Waals surface area contributed by atoms with Crippen molar-refractivity contribution in [3.63, 3.8) is 0 Å². The van der Waals surface area contributed by atoms with Gasteiger partial charge in [-0.05, 0) is 140 Å². The van der Waals surface area contributed by atoms with E-state index in [0.29, 0.717) is 0 Å². The fourth-order valence-electron chi connectivity index (χ4n) is 11.7. The minimum Gasteiger partial charge on any atom is -0.310 e. The van der Waals surface area contributed by atoms with Crippen LogP contribution in [0.3, 0.4) is 0 Å². The third-order valence-electron chi connectivity index (χ3n) is 15.3. The van der Waals surface area contributed by atoms with E-state index in [-0.39, 0.29) is 5.41 Å². The number of aromatic nitrogens is 1. The molecular formula is C71H54N2. The highest BCUT2D eigenvalue weighted by molar-refractivity contribution is 6.09. The molecule has 1 aliphatic carbocycles. The molecule has 73 heavy (non-hydrogen) atoms. The minimum atomic E-state index is -0.283. The third-order valence-corrected chi connectivity index (χ3v) is 15.3. The fraction of sp³-hybridized carbons (Fsp3) is 0.0704. The highest BCUT2D eigenvalue weighted by Gasteiger charge is 2.37. The number of hydrogen-bond donors (Lipinski definition) is 0. The Morgan fingerprint density at radius 2 is 0.822 bits per heavy atom. The van der Waals surface area contributed by atoms with Crippen molar-refractivity contribution in [3.8, 4) is 50.2 Å². The van der Waals surface area contributed by atoms with Gasteiger partial charge in [0.05, 0.1) is 16.7 Å². The molecule has 0 saturated carbocycles. The van der Waals surface area contributed by atoms with Crippen molar-refractivity contribution in [3.05, 3.63) is 300 Å². The molecule has 0 spiro atoms. The maximum absolute atomic E-state index is 2.51. The van der Waals surface area contributed by atoms with Gasteiger partial charge in [-0.15, -0.1) is 0 Å². The first-order valence-electron chi connectivity index (χ1n) is 25.6. The number of anilines is 3. The molecule has 0 unspecified atom stereocenters. The Morgan fingerprint density at radius 3 is 1.49 bits per heavy atom. The molecular weight excluding hydrogens is 881 g/mol. The lowest BCUT2D eigenvalue weighted by atomic mass is 9.82. The number of nitrogens with zero attached hydrogens (tertiary/aromatic N) is 2. The summed E-state index contributed by atoms with van der Waals surface area (Å²) < 4.78 is 2.44. The van der Waals surface area contributed by atoms with Gasteiger partial charge in [0.1, 0.15) is 0 Å². The molecule has 0 N–H and O–H groups in total. The Hall–Kier alpha value is -8.98. The van der Waals surface area contributed by atoms with Crippen LogP contribution < -0.4 is 4.90 Å². The van der Waals surface area contributed by atoms with Crippen molar-refractivity contribution >= 4 is 38.9 Å². The zero-order valence-electron chi connectivity index (χ0n) is 41.2. The van der Waals surface area contributed by atoms with Crippen molar-refractivity contribution in [2.45, 2.75) is 32.1 Å². The number of hydrogen-bond acceptors (Lipinski definition) is 1. The summed E-state index contributed by atoms with van der Waals surface area (Å²) in [4.78, 5) is 2.51. The largest absolute Gasteiger partial charge is 0.310 e. The zero-order valence-corrected chi connectivity index (χ0v) is 41.2. The molecule has 0 aliphatic heterocycles. The second-order valence-electron chi connectivity index (χ2n) is 20.1. The summed E-state index contributed by atoms with van der Waals surface area (Å²) in [6.45, 7) is 4.81. The van der Waals surface area contributed by atoms with Crippen molar-refractivity contribution in [1.29, 1.82) is 0 Å². The van der Waals surface area contributed by atoms with E-state index in [1.54, 1.807) is 0 Å². The first kappa shape index (κ1) is 44.0. The molecule has 0 amide bonds. The Morgan fingerprint density at radius 1 is 0.342 bits per heavy atom. The average Bonchev–Trinajstić information content (AvgIpc) is 3.90. The molecule has 0 fully saturated rings. The van der Waals surface area contributed by atoms with Crippen molar-refractivity contribution < 1.29 is 0 Å². The maximum Gasteiger partial charge on any atom is 0.0541 e. The minimum absolute atomic E-state index is 0.283. The Labute approximate surface area is 428 Å². The summed E-state index contributed by atoms with van der Waals surface area (Å²) in [5.41, 5.74) is 24.4. The molecule has 2 heteroatoms. The molecule has 0 saturated heterocycles. The van der Waals surface area contributed by atoms with Crippen LogP contribution in [0, 0.1) is 0 Å². The van der Waals surface area contributed by atoms with Crippen LogP contribution >= 0.6 is 0 Å². The second-order valence-corrected chi connectivity index (χ2v) is 20.1. The molecule has 0 atom stereocenters. The van der Waals surface area contributed by atoms with Gasteiger partial charge >= 0.3 is 0 Å². The molecule has 348 valence electrons. The predicted octanol–water partition coefficient (Wildman–Crippen LogP) is 18.7. The molecule has 12 aromatic rings. The summed E-state index contributed by atoms with van der Waals surface area (Å²) in [6.07, 6.45) is 1.67. The zero-order chi connectivity index (χ0) is 48.9. The summed E-state index contributed by atoms with van der Waals surface area (Å²) in [6, 6.07) is 98.6. The van der Waals surface area contributed by atoms with Gasteiger partial charge in [-0.3, -0.25) is 0 Å². The van der Waals surface area contributed by atoms with E-state index in [1.807, 2.05) is 0 Å². The smallest absolute Gasteiger partial charge is 0.0541 e. The van der Waals surface area contributed by atoms with Crippen molar-refractivity contribution in [2.75, 3.05) is 4.90 Å². The molecule has 1 aliphatic rings. The number of fused-ring (bicyclic) bond motifs is 6. The third kappa shape index (κ3) is 7.93. The summed E-state index contributed by atoms with van der Waals surface area (Å²) in [5, 5.41) is 2.54. The van der Waals surface area contributed by atoms with Crippen LogP contribution in [0.15, 0.2) is 267 Å². The average molecular weight is 935 g/mol.